The first kappa shape index (κ1) is 9.00. The van der Waals surface area contributed by atoms with Crippen LogP contribution < -0.4 is 5.32 Å². The minimum atomic E-state index is 0.190. The molecule has 3 nitrogen and oxygen atoms in total. The number of ether oxygens (including phenoxy) is 1. The molecule has 1 amide bonds. The maximum absolute atomic E-state index is 11.4. The molecule has 13 heavy (non-hydrogen) atoms. The molecule has 2 rings (SSSR count). The van der Waals surface area contributed by atoms with E-state index >= 15 is 0 Å². The molecule has 2 atom stereocenters. The quantitative estimate of drug-likeness (QED) is 0.711. The van der Waals surface area contributed by atoms with Gasteiger partial charge in [0.25, 0.3) is 0 Å². The molecule has 1 N–H and O–H groups in total. The van der Waals surface area contributed by atoms with Crippen LogP contribution in [0.3, 0.4) is 0 Å². The number of carbonyl (C=O) groups is 1. The zero-order chi connectivity index (χ0) is 9.26. The van der Waals surface area contributed by atoms with Crippen LogP contribution in [0.5, 0.6) is 0 Å². The summed E-state index contributed by atoms with van der Waals surface area (Å²) in [5.74, 6) is 0.534. The van der Waals surface area contributed by atoms with Crippen molar-refractivity contribution in [2.45, 2.75) is 44.8 Å². The lowest BCUT2D eigenvalue weighted by molar-refractivity contribution is -0.123. The molecule has 3 heteroatoms. The van der Waals surface area contributed by atoms with E-state index in [2.05, 4.69) is 5.32 Å². The fourth-order valence-corrected chi connectivity index (χ4v) is 1.78. The van der Waals surface area contributed by atoms with Gasteiger partial charge >= 0.3 is 0 Å². The SMILES string of the molecule is C[C@@H](NC(=O)C1CC1)[C@H]1CCCO1. The zero-order valence-corrected chi connectivity index (χ0v) is 8.08. The predicted octanol–water partition coefficient (Wildman–Crippen LogP) is 1.08. The third-order valence-corrected chi connectivity index (χ3v) is 2.84. The van der Waals surface area contributed by atoms with Gasteiger partial charge in [0.15, 0.2) is 0 Å². The highest BCUT2D eigenvalue weighted by Crippen LogP contribution is 2.29. The largest absolute Gasteiger partial charge is 0.376 e. The molecule has 2 fully saturated rings. The summed E-state index contributed by atoms with van der Waals surface area (Å²) in [7, 11) is 0. The van der Waals surface area contributed by atoms with E-state index < -0.39 is 0 Å². The van der Waals surface area contributed by atoms with E-state index in [1.165, 1.54) is 0 Å². The van der Waals surface area contributed by atoms with Gasteiger partial charge in [-0.1, -0.05) is 0 Å². The van der Waals surface area contributed by atoms with Crippen molar-refractivity contribution in [3.8, 4) is 0 Å². The lowest BCUT2D eigenvalue weighted by atomic mass is 10.1. The third-order valence-electron chi connectivity index (χ3n) is 2.84. The average Bonchev–Trinajstić information content (AvgIpc) is 2.81. The number of nitrogens with one attached hydrogen (secondary N) is 1. The molecule has 0 bridgehead atoms. The van der Waals surface area contributed by atoms with Crippen LogP contribution in [-0.2, 0) is 9.53 Å². The smallest absolute Gasteiger partial charge is 0.223 e. The average molecular weight is 183 g/mol. The molecule has 1 saturated heterocycles. The van der Waals surface area contributed by atoms with Gasteiger partial charge in [-0.05, 0) is 32.6 Å². The highest BCUT2D eigenvalue weighted by molar-refractivity contribution is 5.81. The summed E-state index contributed by atoms with van der Waals surface area (Å²) in [5, 5.41) is 3.02. The highest BCUT2D eigenvalue weighted by atomic mass is 16.5. The summed E-state index contributed by atoms with van der Waals surface area (Å²) < 4.78 is 5.50. The van der Waals surface area contributed by atoms with Gasteiger partial charge < -0.3 is 10.1 Å². The lowest BCUT2D eigenvalue weighted by Crippen LogP contribution is -2.41. The van der Waals surface area contributed by atoms with E-state index in [-0.39, 0.29) is 18.1 Å². The maximum Gasteiger partial charge on any atom is 0.223 e. The molecule has 74 valence electrons. The van der Waals surface area contributed by atoms with Crippen LogP contribution in [0, 0.1) is 5.92 Å². The molecule has 2 aliphatic rings. The van der Waals surface area contributed by atoms with Crippen molar-refractivity contribution in [2.75, 3.05) is 6.61 Å². The minimum absolute atomic E-state index is 0.190. The molecule has 0 radical (unpaired) electrons. The normalized spacial score (nSPS) is 30.1. The van der Waals surface area contributed by atoms with Crippen LogP contribution in [0.15, 0.2) is 0 Å². The van der Waals surface area contributed by atoms with E-state index in [1.54, 1.807) is 0 Å². The molecular formula is C10H17NO2. The van der Waals surface area contributed by atoms with Crippen molar-refractivity contribution in [1.29, 1.82) is 0 Å². The van der Waals surface area contributed by atoms with Crippen molar-refractivity contribution in [3.63, 3.8) is 0 Å². The maximum atomic E-state index is 11.4. The molecule has 1 heterocycles. The van der Waals surface area contributed by atoms with Gasteiger partial charge in [-0.2, -0.15) is 0 Å². The van der Waals surface area contributed by atoms with Gasteiger partial charge in [0.05, 0.1) is 12.1 Å². The highest BCUT2D eigenvalue weighted by Gasteiger charge is 2.32. The van der Waals surface area contributed by atoms with Crippen LogP contribution >= 0.6 is 0 Å². The first-order valence-electron chi connectivity index (χ1n) is 5.19. The summed E-state index contributed by atoms with van der Waals surface area (Å²) in [6.07, 6.45) is 4.62. The van der Waals surface area contributed by atoms with Gasteiger partial charge in [-0.3, -0.25) is 4.79 Å². The van der Waals surface area contributed by atoms with Crippen molar-refractivity contribution >= 4 is 5.91 Å². The Labute approximate surface area is 78.8 Å². The molecule has 1 aliphatic heterocycles. The molecule has 1 aliphatic carbocycles. The second kappa shape index (κ2) is 3.66. The molecule has 0 unspecified atom stereocenters. The number of hydrogen-bond acceptors (Lipinski definition) is 2. The van der Waals surface area contributed by atoms with Crippen molar-refractivity contribution in [3.05, 3.63) is 0 Å². The van der Waals surface area contributed by atoms with Gasteiger partial charge in [0.1, 0.15) is 0 Å². The number of carbonyl (C=O) groups excluding carboxylic acids is 1. The Balaban J connectivity index is 1.75. The number of rotatable bonds is 3. The Morgan fingerprint density at radius 2 is 2.23 bits per heavy atom. The predicted molar refractivity (Wildman–Crippen MR) is 49.3 cm³/mol. The molecule has 1 saturated carbocycles. The van der Waals surface area contributed by atoms with Gasteiger partial charge in [0, 0.05) is 12.5 Å². The van der Waals surface area contributed by atoms with Crippen molar-refractivity contribution < 1.29 is 9.53 Å². The van der Waals surface area contributed by atoms with Gasteiger partial charge in [0.2, 0.25) is 5.91 Å². The molecule has 0 spiro atoms. The van der Waals surface area contributed by atoms with Crippen molar-refractivity contribution in [1.82, 2.24) is 5.32 Å². The van der Waals surface area contributed by atoms with Crippen molar-refractivity contribution in [2.24, 2.45) is 5.92 Å². The second-order valence-electron chi connectivity index (χ2n) is 4.12. The molecule has 0 aromatic heterocycles. The zero-order valence-electron chi connectivity index (χ0n) is 8.08. The molecule has 0 aromatic carbocycles. The standard InChI is InChI=1S/C10H17NO2/c1-7(9-3-2-6-13-9)11-10(12)8-4-5-8/h7-9H,2-6H2,1H3,(H,11,12)/t7-,9-/m1/s1. The summed E-state index contributed by atoms with van der Waals surface area (Å²) in [6, 6.07) is 0.190. The fraction of sp³-hybridized carbons (Fsp3) is 0.900. The Kier molecular flexibility index (Phi) is 2.54. The molecular weight excluding hydrogens is 166 g/mol. The van der Waals surface area contributed by atoms with Gasteiger partial charge in [-0.25, -0.2) is 0 Å². The summed E-state index contributed by atoms with van der Waals surface area (Å²) in [5.41, 5.74) is 0. The fourth-order valence-electron chi connectivity index (χ4n) is 1.78. The summed E-state index contributed by atoms with van der Waals surface area (Å²) in [6.45, 7) is 2.89. The van der Waals surface area contributed by atoms with Crippen LogP contribution in [0.25, 0.3) is 0 Å². The van der Waals surface area contributed by atoms with Crippen LogP contribution in [-0.4, -0.2) is 24.7 Å². The van der Waals surface area contributed by atoms with E-state index in [0.29, 0.717) is 5.92 Å². The number of amides is 1. The Bertz CT molecular complexity index is 195. The topological polar surface area (TPSA) is 38.3 Å². The Hall–Kier alpha value is -0.570. The van der Waals surface area contributed by atoms with E-state index in [4.69, 9.17) is 4.74 Å². The van der Waals surface area contributed by atoms with E-state index in [1.807, 2.05) is 6.92 Å². The van der Waals surface area contributed by atoms with Crippen LogP contribution in [0.1, 0.15) is 32.6 Å². The van der Waals surface area contributed by atoms with Gasteiger partial charge in [-0.15, -0.1) is 0 Å². The Morgan fingerprint density at radius 3 is 2.77 bits per heavy atom. The Morgan fingerprint density at radius 1 is 1.46 bits per heavy atom. The summed E-state index contributed by atoms with van der Waals surface area (Å²) >= 11 is 0. The lowest BCUT2D eigenvalue weighted by Gasteiger charge is -2.19. The van der Waals surface area contributed by atoms with Crippen LogP contribution in [0.4, 0.5) is 0 Å². The third kappa shape index (κ3) is 2.21. The summed E-state index contributed by atoms with van der Waals surface area (Å²) in [4.78, 5) is 11.4. The second-order valence-corrected chi connectivity index (χ2v) is 4.12. The molecule has 0 aromatic rings. The number of hydrogen-bond donors (Lipinski definition) is 1. The minimum Gasteiger partial charge on any atom is -0.376 e. The monoisotopic (exact) mass is 183 g/mol. The first-order chi connectivity index (χ1) is 6.27. The van der Waals surface area contributed by atoms with E-state index in [9.17, 15) is 4.79 Å². The first-order valence-corrected chi connectivity index (χ1v) is 5.19. The van der Waals surface area contributed by atoms with Crippen LogP contribution in [0.2, 0.25) is 0 Å². The van der Waals surface area contributed by atoms with E-state index in [0.717, 1.165) is 32.3 Å².